The minimum absolute atomic E-state index is 0.512. The number of likely N-dealkylation sites (N-methyl/N-ethyl adjacent to an activating group) is 2. The molecule has 2 nitrogen and oxygen atoms in total. The lowest BCUT2D eigenvalue weighted by Gasteiger charge is -2.19. The van der Waals surface area contributed by atoms with Crippen LogP contribution in [0.1, 0.15) is 20.3 Å². The number of hydrogen-bond acceptors (Lipinski definition) is 2. The molecule has 1 atom stereocenters. The number of hydrogen-bond donors (Lipinski definition) is 1. The van der Waals surface area contributed by atoms with Crippen LogP contribution in [0.15, 0.2) is 0 Å². The van der Waals surface area contributed by atoms with E-state index in [1.807, 2.05) is 6.92 Å². The highest BCUT2D eigenvalue weighted by molar-refractivity contribution is 4.98. The molecule has 70 valence electrons. The molecule has 0 spiro atoms. The standard InChI is InChI=1S/C10H20N2/c1-5-7-8-10(11-6-2)9-12(3)4/h10-11H,6,8-9H2,1-4H3. The number of nitrogens with one attached hydrogen (secondary N) is 1. The van der Waals surface area contributed by atoms with Crippen molar-refractivity contribution in [3.63, 3.8) is 0 Å². The van der Waals surface area contributed by atoms with Crippen LogP contribution in [0.5, 0.6) is 0 Å². The maximum absolute atomic E-state index is 3.40. The van der Waals surface area contributed by atoms with Crippen molar-refractivity contribution < 1.29 is 0 Å². The van der Waals surface area contributed by atoms with E-state index in [4.69, 9.17) is 0 Å². The van der Waals surface area contributed by atoms with Crippen LogP contribution >= 0.6 is 0 Å². The SMILES string of the molecule is CC#CCC(CN(C)C)NCC. The Hall–Kier alpha value is -0.520. The fourth-order valence-corrected chi connectivity index (χ4v) is 1.16. The zero-order chi connectivity index (χ0) is 9.40. The van der Waals surface area contributed by atoms with E-state index in [-0.39, 0.29) is 0 Å². The highest BCUT2D eigenvalue weighted by Crippen LogP contribution is 1.92. The molecule has 0 rings (SSSR count). The highest BCUT2D eigenvalue weighted by atomic mass is 15.1. The molecule has 0 aliphatic carbocycles. The molecular weight excluding hydrogens is 148 g/mol. The molecule has 1 N–H and O–H groups in total. The average Bonchev–Trinajstić information content (AvgIpc) is 2.00. The van der Waals surface area contributed by atoms with Crippen molar-refractivity contribution in [1.29, 1.82) is 0 Å². The third-order valence-electron chi connectivity index (χ3n) is 1.60. The highest BCUT2D eigenvalue weighted by Gasteiger charge is 2.05. The van der Waals surface area contributed by atoms with Gasteiger partial charge in [-0.1, -0.05) is 6.92 Å². The van der Waals surface area contributed by atoms with Gasteiger partial charge in [0.2, 0.25) is 0 Å². The van der Waals surface area contributed by atoms with E-state index >= 15 is 0 Å². The van der Waals surface area contributed by atoms with E-state index in [1.165, 1.54) is 0 Å². The third-order valence-corrected chi connectivity index (χ3v) is 1.60. The Morgan fingerprint density at radius 2 is 2.08 bits per heavy atom. The first-order valence-corrected chi connectivity index (χ1v) is 4.48. The predicted octanol–water partition coefficient (Wildman–Crippen LogP) is 0.940. The molecular formula is C10H20N2. The van der Waals surface area contributed by atoms with Crippen LogP contribution in [0.4, 0.5) is 0 Å². The summed E-state index contributed by atoms with van der Waals surface area (Å²) in [5.74, 6) is 6.02. The quantitative estimate of drug-likeness (QED) is 0.615. The summed E-state index contributed by atoms with van der Waals surface area (Å²) in [6, 6.07) is 0.512. The molecule has 0 aromatic rings. The molecule has 0 aromatic heterocycles. The van der Waals surface area contributed by atoms with Gasteiger partial charge in [0.05, 0.1) is 0 Å². The van der Waals surface area contributed by atoms with Gasteiger partial charge in [0.25, 0.3) is 0 Å². The van der Waals surface area contributed by atoms with Gasteiger partial charge >= 0.3 is 0 Å². The molecule has 0 aliphatic rings. The molecule has 1 unspecified atom stereocenters. The Morgan fingerprint density at radius 1 is 1.42 bits per heavy atom. The van der Waals surface area contributed by atoms with Crippen LogP contribution in [0.25, 0.3) is 0 Å². The first kappa shape index (κ1) is 11.5. The van der Waals surface area contributed by atoms with Gasteiger partial charge in [-0.2, -0.15) is 0 Å². The van der Waals surface area contributed by atoms with Crippen LogP contribution in [0, 0.1) is 11.8 Å². The topological polar surface area (TPSA) is 15.3 Å². The van der Waals surface area contributed by atoms with Crippen LogP contribution < -0.4 is 5.32 Å². The van der Waals surface area contributed by atoms with E-state index < -0.39 is 0 Å². The fourth-order valence-electron chi connectivity index (χ4n) is 1.16. The predicted molar refractivity (Wildman–Crippen MR) is 54.1 cm³/mol. The number of rotatable bonds is 5. The van der Waals surface area contributed by atoms with E-state index in [1.54, 1.807) is 0 Å². The monoisotopic (exact) mass is 168 g/mol. The summed E-state index contributed by atoms with van der Waals surface area (Å²) in [5, 5.41) is 3.40. The Bertz CT molecular complexity index is 153. The molecule has 0 fully saturated rings. The van der Waals surface area contributed by atoms with Gasteiger partial charge < -0.3 is 10.2 Å². The van der Waals surface area contributed by atoms with Gasteiger partial charge in [0.15, 0.2) is 0 Å². The lowest BCUT2D eigenvalue weighted by atomic mass is 10.2. The average molecular weight is 168 g/mol. The van der Waals surface area contributed by atoms with Crippen LogP contribution in [0.2, 0.25) is 0 Å². The lowest BCUT2D eigenvalue weighted by molar-refractivity contribution is 0.343. The largest absolute Gasteiger partial charge is 0.312 e. The molecule has 0 amide bonds. The van der Waals surface area contributed by atoms with E-state index in [0.717, 1.165) is 19.5 Å². The first-order chi connectivity index (χ1) is 5.70. The van der Waals surface area contributed by atoms with Crippen LogP contribution in [-0.4, -0.2) is 38.1 Å². The molecule has 12 heavy (non-hydrogen) atoms. The van der Waals surface area contributed by atoms with Crippen molar-refractivity contribution in [2.75, 3.05) is 27.2 Å². The summed E-state index contributed by atoms with van der Waals surface area (Å²) in [6.07, 6.45) is 0.947. The summed E-state index contributed by atoms with van der Waals surface area (Å²) >= 11 is 0. The van der Waals surface area contributed by atoms with Gasteiger partial charge in [0, 0.05) is 19.0 Å². The molecule has 0 aromatic carbocycles. The maximum atomic E-state index is 3.40. The lowest BCUT2D eigenvalue weighted by Crippen LogP contribution is -2.37. The van der Waals surface area contributed by atoms with Gasteiger partial charge in [-0.15, -0.1) is 11.8 Å². The molecule has 0 heterocycles. The minimum atomic E-state index is 0.512. The summed E-state index contributed by atoms with van der Waals surface area (Å²) in [5.41, 5.74) is 0. The zero-order valence-electron chi connectivity index (χ0n) is 8.65. The summed E-state index contributed by atoms with van der Waals surface area (Å²) < 4.78 is 0. The van der Waals surface area contributed by atoms with Crippen molar-refractivity contribution in [3.05, 3.63) is 0 Å². The third kappa shape index (κ3) is 6.21. The zero-order valence-corrected chi connectivity index (χ0v) is 8.65. The Kier molecular flexibility index (Phi) is 6.84. The van der Waals surface area contributed by atoms with E-state index in [2.05, 4.69) is 43.1 Å². The van der Waals surface area contributed by atoms with Gasteiger partial charge in [-0.05, 0) is 27.6 Å². The van der Waals surface area contributed by atoms with Gasteiger partial charge in [0.1, 0.15) is 0 Å². The minimum Gasteiger partial charge on any atom is -0.312 e. The Morgan fingerprint density at radius 3 is 2.50 bits per heavy atom. The van der Waals surface area contributed by atoms with Crippen molar-refractivity contribution in [1.82, 2.24) is 10.2 Å². The smallest absolute Gasteiger partial charge is 0.0304 e. The second-order valence-corrected chi connectivity index (χ2v) is 3.15. The summed E-state index contributed by atoms with van der Waals surface area (Å²) in [7, 11) is 4.17. The fraction of sp³-hybridized carbons (Fsp3) is 0.800. The van der Waals surface area contributed by atoms with Gasteiger partial charge in [-0.3, -0.25) is 0 Å². The molecule has 2 heteroatoms. The second kappa shape index (κ2) is 7.15. The van der Waals surface area contributed by atoms with Crippen LogP contribution in [0.3, 0.4) is 0 Å². The summed E-state index contributed by atoms with van der Waals surface area (Å²) in [4.78, 5) is 2.19. The Labute approximate surface area is 76.3 Å². The first-order valence-electron chi connectivity index (χ1n) is 4.48. The normalized spacial score (nSPS) is 12.4. The number of nitrogens with zero attached hydrogens (tertiary/aromatic N) is 1. The van der Waals surface area contributed by atoms with E-state index in [0.29, 0.717) is 6.04 Å². The molecule has 0 aliphatic heterocycles. The van der Waals surface area contributed by atoms with Crippen molar-refractivity contribution in [2.24, 2.45) is 0 Å². The Balaban J connectivity index is 3.74. The van der Waals surface area contributed by atoms with E-state index in [9.17, 15) is 0 Å². The second-order valence-electron chi connectivity index (χ2n) is 3.15. The van der Waals surface area contributed by atoms with Crippen LogP contribution in [-0.2, 0) is 0 Å². The van der Waals surface area contributed by atoms with Crippen molar-refractivity contribution >= 4 is 0 Å². The van der Waals surface area contributed by atoms with Crippen molar-refractivity contribution in [3.8, 4) is 11.8 Å². The molecule has 0 saturated carbocycles. The van der Waals surface area contributed by atoms with Crippen molar-refractivity contribution in [2.45, 2.75) is 26.3 Å². The molecule has 0 bridgehead atoms. The summed E-state index contributed by atoms with van der Waals surface area (Å²) in [6.45, 7) is 6.09. The molecule has 0 radical (unpaired) electrons. The molecule has 0 saturated heterocycles. The maximum Gasteiger partial charge on any atom is 0.0304 e. The van der Waals surface area contributed by atoms with Gasteiger partial charge in [-0.25, -0.2) is 0 Å².